The second-order valence-electron chi connectivity index (χ2n) is 5.42. The predicted molar refractivity (Wildman–Crippen MR) is 92.4 cm³/mol. The first-order valence-electron chi connectivity index (χ1n) is 7.42. The van der Waals surface area contributed by atoms with Crippen molar-refractivity contribution in [3.05, 3.63) is 70.8 Å². The maximum atomic E-state index is 11.5. The van der Waals surface area contributed by atoms with E-state index in [0.29, 0.717) is 16.9 Å². The van der Waals surface area contributed by atoms with Gasteiger partial charge in [0.15, 0.2) is 0 Å². The summed E-state index contributed by atoms with van der Waals surface area (Å²) in [5.74, 6) is 0.453. The summed E-state index contributed by atoms with van der Waals surface area (Å²) in [5, 5.41) is 13.3. The van der Waals surface area contributed by atoms with E-state index >= 15 is 0 Å². The van der Waals surface area contributed by atoms with Gasteiger partial charge in [-0.15, -0.1) is 0 Å². The van der Waals surface area contributed by atoms with Gasteiger partial charge in [-0.2, -0.15) is 0 Å². The number of benzene rings is 3. The van der Waals surface area contributed by atoms with E-state index in [4.69, 9.17) is 9.15 Å². The fourth-order valence-corrected chi connectivity index (χ4v) is 3.02. The van der Waals surface area contributed by atoms with Crippen molar-refractivity contribution < 1.29 is 14.1 Å². The first-order chi connectivity index (χ1) is 11.7. The third-order valence-electron chi connectivity index (χ3n) is 4.09. The number of nitrogens with zero attached hydrogens (tertiary/aromatic N) is 1. The number of furan rings is 1. The zero-order valence-corrected chi connectivity index (χ0v) is 12.9. The average Bonchev–Trinajstić information content (AvgIpc) is 2.99. The smallest absolute Gasteiger partial charge is 0.280 e. The first-order valence-corrected chi connectivity index (χ1v) is 7.42. The maximum Gasteiger partial charge on any atom is 0.280 e. The molecule has 4 rings (SSSR count). The van der Waals surface area contributed by atoms with Gasteiger partial charge in [-0.05, 0) is 24.3 Å². The van der Waals surface area contributed by atoms with E-state index in [1.54, 1.807) is 12.1 Å². The van der Waals surface area contributed by atoms with E-state index in [9.17, 15) is 10.1 Å². The molecule has 0 saturated heterocycles. The Kier molecular flexibility index (Phi) is 3.20. The number of nitro benzene ring substituents is 1. The molecule has 0 N–H and O–H groups in total. The largest absolute Gasteiger partial charge is 0.497 e. The van der Waals surface area contributed by atoms with Crippen molar-refractivity contribution in [2.45, 2.75) is 0 Å². The Hall–Kier alpha value is -3.34. The lowest BCUT2D eigenvalue weighted by atomic mass is 9.98. The average molecular weight is 319 g/mol. The monoisotopic (exact) mass is 319 g/mol. The second kappa shape index (κ2) is 5.38. The molecule has 0 radical (unpaired) electrons. The molecule has 1 aromatic heterocycles. The molecule has 0 atom stereocenters. The molecular formula is C19H13NO4. The van der Waals surface area contributed by atoms with Gasteiger partial charge in [-0.3, -0.25) is 10.1 Å². The van der Waals surface area contributed by atoms with Gasteiger partial charge in [0.2, 0.25) is 0 Å². The second-order valence-corrected chi connectivity index (χ2v) is 5.42. The highest BCUT2D eigenvalue weighted by Crippen LogP contribution is 2.40. The van der Waals surface area contributed by atoms with Crippen LogP contribution < -0.4 is 4.74 Å². The minimum absolute atomic E-state index is 0.00660. The highest BCUT2D eigenvalue weighted by atomic mass is 16.6. The molecule has 0 aliphatic heterocycles. The van der Waals surface area contributed by atoms with Crippen molar-refractivity contribution in [2.75, 3.05) is 7.11 Å². The SMILES string of the molecule is COc1ccc(-c2cccc3oc4ccccc4c23)c([N+](=O)[O-])c1. The summed E-state index contributed by atoms with van der Waals surface area (Å²) >= 11 is 0. The Balaban J connectivity index is 2.09. The molecular weight excluding hydrogens is 306 g/mol. The van der Waals surface area contributed by atoms with Crippen molar-refractivity contribution in [3.63, 3.8) is 0 Å². The topological polar surface area (TPSA) is 65.5 Å². The molecule has 0 aliphatic carbocycles. The third-order valence-corrected chi connectivity index (χ3v) is 4.09. The number of ether oxygens (including phenoxy) is 1. The van der Waals surface area contributed by atoms with Gasteiger partial charge >= 0.3 is 0 Å². The van der Waals surface area contributed by atoms with E-state index in [2.05, 4.69) is 0 Å². The van der Waals surface area contributed by atoms with Gasteiger partial charge in [0.05, 0.1) is 23.7 Å². The Labute approximate surface area is 137 Å². The van der Waals surface area contributed by atoms with E-state index in [0.717, 1.165) is 21.9 Å². The summed E-state index contributed by atoms with van der Waals surface area (Å²) in [4.78, 5) is 11.1. The lowest BCUT2D eigenvalue weighted by Gasteiger charge is -2.07. The van der Waals surface area contributed by atoms with Gasteiger partial charge < -0.3 is 9.15 Å². The Morgan fingerprint density at radius 2 is 1.75 bits per heavy atom. The summed E-state index contributed by atoms with van der Waals surface area (Å²) in [7, 11) is 1.49. The van der Waals surface area contributed by atoms with Crippen LogP contribution in [0.3, 0.4) is 0 Å². The Bertz CT molecular complexity index is 1080. The number of fused-ring (bicyclic) bond motifs is 3. The molecule has 0 fully saturated rings. The van der Waals surface area contributed by atoms with Crippen LogP contribution in [0, 0.1) is 10.1 Å². The van der Waals surface area contributed by atoms with E-state index in [1.165, 1.54) is 13.2 Å². The van der Waals surface area contributed by atoms with Gasteiger partial charge in [0.1, 0.15) is 16.9 Å². The number of rotatable bonds is 3. The van der Waals surface area contributed by atoms with Crippen LogP contribution in [0.4, 0.5) is 5.69 Å². The highest BCUT2D eigenvalue weighted by molar-refractivity contribution is 6.13. The zero-order valence-electron chi connectivity index (χ0n) is 12.9. The lowest BCUT2D eigenvalue weighted by molar-refractivity contribution is -0.384. The molecule has 0 spiro atoms. The van der Waals surface area contributed by atoms with Gasteiger partial charge in [-0.25, -0.2) is 0 Å². The van der Waals surface area contributed by atoms with Crippen LogP contribution in [0.15, 0.2) is 65.1 Å². The molecule has 5 nitrogen and oxygen atoms in total. The molecule has 118 valence electrons. The lowest BCUT2D eigenvalue weighted by Crippen LogP contribution is -1.94. The van der Waals surface area contributed by atoms with Crippen molar-refractivity contribution in [3.8, 4) is 16.9 Å². The molecule has 0 unspecified atom stereocenters. The minimum Gasteiger partial charge on any atom is -0.497 e. The number of nitro groups is 1. The molecule has 4 aromatic rings. The number of para-hydroxylation sites is 1. The van der Waals surface area contributed by atoms with Crippen LogP contribution in [0.1, 0.15) is 0 Å². The normalized spacial score (nSPS) is 11.0. The van der Waals surface area contributed by atoms with E-state index in [1.807, 2.05) is 42.5 Å². The van der Waals surface area contributed by atoms with Gasteiger partial charge in [0.25, 0.3) is 5.69 Å². The number of hydrogen-bond acceptors (Lipinski definition) is 4. The number of methoxy groups -OCH3 is 1. The molecule has 3 aromatic carbocycles. The zero-order chi connectivity index (χ0) is 16.7. The van der Waals surface area contributed by atoms with Gasteiger partial charge in [0, 0.05) is 16.3 Å². The molecule has 24 heavy (non-hydrogen) atoms. The Morgan fingerprint density at radius 3 is 2.54 bits per heavy atom. The van der Waals surface area contributed by atoms with E-state index < -0.39 is 0 Å². The fraction of sp³-hybridized carbons (Fsp3) is 0.0526. The van der Waals surface area contributed by atoms with Crippen molar-refractivity contribution >= 4 is 27.6 Å². The van der Waals surface area contributed by atoms with Crippen LogP contribution in [0.5, 0.6) is 5.75 Å². The van der Waals surface area contributed by atoms with Crippen LogP contribution in [-0.2, 0) is 0 Å². The first kappa shape index (κ1) is 14.3. The molecule has 1 heterocycles. The number of hydrogen-bond donors (Lipinski definition) is 0. The summed E-state index contributed by atoms with van der Waals surface area (Å²) in [6.45, 7) is 0. The molecule has 0 saturated carbocycles. The fourth-order valence-electron chi connectivity index (χ4n) is 3.02. The highest BCUT2D eigenvalue weighted by Gasteiger charge is 2.20. The predicted octanol–water partition coefficient (Wildman–Crippen LogP) is 5.17. The van der Waals surface area contributed by atoms with E-state index in [-0.39, 0.29) is 10.6 Å². The van der Waals surface area contributed by atoms with Crippen LogP contribution >= 0.6 is 0 Å². The quantitative estimate of drug-likeness (QED) is 0.386. The maximum absolute atomic E-state index is 11.5. The van der Waals surface area contributed by atoms with Crippen molar-refractivity contribution in [1.29, 1.82) is 0 Å². The van der Waals surface area contributed by atoms with Gasteiger partial charge in [-0.1, -0.05) is 30.3 Å². The molecule has 5 heteroatoms. The molecule has 0 amide bonds. The van der Waals surface area contributed by atoms with Crippen LogP contribution in [0.25, 0.3) is 33.1 Å². The summed E-state index contributed by atoms with van der Waals surface area (Å²) < 4.78 is 11.0. The van der Waals surface area contributed by atoms with Crippen molar-refractivity contribution in [2.24, 2.45) is 0 Å². The van der Waals surface area contributed by atoms with Crippen molar-refractivity contribution in [1.82, 2.24) is 0 Å². The summed E-state index contributed by atoms with van der Waals surface area (Å²) in [6, 6.07) is 18.1. The summed E-state index contributed by atoms with van der Waals surface area (Å²) in [5.41, 5.74) is 2.78. The summed E-state index contributed by atoms with van der Waals surface area (Å²) in [6.07, 6.45) is 0. The standard InChI is InChI=1S/C19H13NO4/c1-23-12-9-10-13(16(11-12)20(21)22)14-6-4-8-18-19(14)15-5-2-3-7-17(15)24-18/h2-11H,1H3. The van der Waals surface area contributed by atoms with Crippen LogP contribution in [-0.4, -0.2) is 12.0 Å². The molecule has 0 aliphatic rings. The Morgan fingerprint density at radius 1 is 0.958 bits per heavy atom. The minimum atomic E-state index is -0.390. The third kappa shape index (κ3) is 2.10. The molecule has 0 bridgehead atoms. The van der Waals surface area contributed by atoms with Crippen LogP contribution in [0.2, 0.25) is 0 Å².